The first-order chi connectivity index (χ1) is 24.6. The number of ketones is 1. The third-order valence-electron chi connectivity index (χ3n) is 7.31. The predicted octanol–water partition coefficient (Wildman–Crippen LogP) is 5.45. The Morgan fingerprint density at radius 2 is 1.31 bits per heavy atom. The topological polar surface area (TPSA) is 139 Å². The summed E-state index contributed by atoms with van der Waals surface area (Å²) in [4.78, 5) is 31.7. The van der Waals surface area contributed by atoms with Gasteiger partial charge in [-0.15, -0.1) is 0 Å². The molecule has 11 heteroatoms. The van der Waals surface area contributed by atoms with E-state index in [0.717, 1.165) is 82.6 Å². The van der Waals surface area contributed by atoms with E-state index in [1.165, 1.54) is 12.8 Å². The van der Waals surface area contributed by atoms with Crippen LogP contribution in [0.3, 0.4) is 0 Å². The highest BCUT2D eigenvalue weighted by Crippen LogP contribution is 2.06. The Morgan fingerprint density at radius 3 is 1.84 bits per heavy atom. The molecule has 0 amide bonds. The van der Waals surface area contributed by atoms with Crippen molar-refractivity contribution in [1.82, 2.24) is 46.2 Å². The molecular formula is C40H69N9O2. The van der Waals surface area contributed by atoms with Crippen LogP contribution in [0.2, 0.25) is 0 Å². The van der Waals surface area contributed by atoms with Crippen LogP contribution in [0.4, 0.5) is 0 Å². The van der Waals surface area contributed by atoms with Crippen LogP contribution in [-0.2, 0) is 17.6 Å². The number of hydrogen-bond acceptors (Lipinski definition) is 11. The fraction of sp³-hybridized carbons (Fsp3) is 0.650. The lowest BCUT2D eigenvalue weighted by Gasteiger charge is -2.23. The zero-order valence-corrected chi connectivity index (χ0v) is 32.9. The maximum atomic E-state index is 11.5. The molecule has 0 bridgehead atoms. The molecule has 1 saturated heterocycles. The lowest BCUT2D eigenvalue weighted by Crippen LogP contribution is -2.36. The van der Waals surface area contributed by atoms with E-state index < -0.39 is 0 Å². The van der Waals surface area contributed by atoms with Gasteiger partial charge in [0.15, 0.2) is 5.78 Å². The summed E-state index contributed by atoms with van der Waals surface area (Å²) >= 11 is 0. The smallest absolute Gasteiger partial charge is 0.194 e. The molecule has 0 radical (unpaired) electrons. The van der Waals surface area contributed by atoms with Crippen molar-refractivity contribution in [2.75, 3.05) is 59.0 Å². The maximum absolute atomic E-state index is 11.5. The van der Waals surface area contributed by atoms with Crippen LogP contribution in [0.15, 0.2) is 61.6 Å². The van der Waals surface area contributed by atoms with Crippen molar-refractivity contribution in [3.05, 3.63) is 78.7 Å². The van der Waals surface area contributed by atoms with E-state index in [2.05, 4.69) is 102 Å². The summed E-state index contributed by atoms with van der Waals surface area (Å²) in [7, 11) is 0. The fourth-order valence-electron chi connectivity index (χ4n) is 4.54. The molecule has 0 unspecified atom stereocenters. The average Bonchev–Trinajstić information content (AvgIpc) is 3.13. The van der Waals surface area contributed by atoms with Crippen molar-refractivity contribution in [3.8, 4) is 0 Å². The van der Waals surface area contributed by atoms with Gasteiger partial charge in [-0.2, -0.15) is 0 Å². The van der Waals surface area contributed by atoms with Crippen LogP contribution in [0, 0.1) is 23.7 Å². The van der Waals surface area contributed by atoms with Gasteiger partial charge in [0.05, 0.1) is 12.2 Å². The molecule has 1 fully saturated rings. The Bertz CT molecular complexity index is 1140. The zero-order chi connectivity index (χ0) is 37.5. The van der Waals surface area contributed by atoms with Gasteiger partial charge in [-0.1, -0.05) is 61.5 Å². The number of carbonyl (C=O) groups excluding carboxylic acids is 1. The van der Waals surface area contributed by atoms with Gasteiger partial charge < -0.3 is 26.0 Å². The van der Waals surface area contributed by atoms with Gasteiger partial charge in [0.2, 0.25) is 0 Å². The standard InChI is InChI=1S/C11H16N2O.2C10H17N3.C9H19NO/c1-9(2)7-12-8-11(14)10-5-3-4-6-13-10;1-9(2)7-11-5-3-10-4-6-12-8-13-10;1-9(2)7-11-4-3-10-8-12-5-6-13-10;1-8(2)7-10-9-3-5-11-6-4-9/h3-6,9,12H,7-8H2,1-2H3;4,6,8-9,11H,3,5,7H2,1-2H3;5-6,8-9,11H,3-4,7H2,1-2H3;8-10H,3-7H2,1-2H3. The van der Waals surface area contributed by atoms with Crippen LogP contribution < -0.4 is 21.3 Å². The van der Waals surface area contributed by atoms with Crippen LogP contribution in [0.25, 0.3) is 0 Å². The van der Waals surface area contributed by atoms with Gasteiger partial charge in [0, 0.05) is 81.9 Å². The van der Waals surface area contributed by atoms with E-state index in [0.29, 0.717) is 36.0 Å². The Balaban J connectivity index is 0.000000341. The number of nitrogens with one attached hydrogen (secondary N) is 4. The lowest BCUT2D eigenvalue weighted by atomic mass is 10.1. The highest BCUT2D eigenvalue weighted by atomic mass is 16.5. The summed E-state index contributed by atoms with van der Waals surface area (Å²) in [6.07, 6.45) is 14.6. The molecule has 4 heterocycles. The SMILES string of the molecule is CC(C)CNC1CCOCC1.CC(C)CNCC(=O)c1ccccn1.CC(C)CNCCc1ccncn1.CC(C)CNCCc1cnccn1. The van der Waals surface area contributed by atoms with Gasteiger partial charge in [-0.25, -0.2) is 9.97 Å². The van der Waals surface area contributed by atoms with E-state index in [1.54, 1.807) is 43.2 Å². The van der Waals surface area contributed by atoms with Crippen molar-refractivity contribution in [2.45, 2.75) is 87.1 Å². The largest absolute Gasteiger partial charge is 0.381 e. The molecule has 0 atom stereocenters. The predicted molar refractivity (Wildman–Crippen MR) is 210 cm³/mol. The number of Topliss-reactive ketones (excluding diaryl/α,β-unsaturated/α-hetero) is 1. The first-order valence-corrected chi connectivity index (χ1v) is 18.9. The molecule has 3 aromatic heterocycles. The molecule has 11 nitrogen and oxygen atoms in total. The number of nitrogens with zero attached hydrogens (tertiary/aromatic N) is 5. The number of aromatic nitrogens is 5. The van der Waals surface area contributed by atoms with Crippen LogP contribution in [-0.4, -0.2) is 95.8 Å². The second-order valence-electron chi connectivity index (χ2n) is 14.4. The number of rotatable bonds is 18. The number of hydrogen-bond donors (Lipinski definition) is 4. The van der Waals surface area contributed by atoms with Crippen molar-refractivity contribution in [1.29, 1.82) is 0 Å². The van der Waals surface area contributed by atoms with E-state index in [9.17, 15) is 4.79 Å². The summed E-state index contributed by atoms with van der Waals surface area (Å²) < 4.78 is 5.27. The highest BCUT2D eigenvalue weighted by molar-refractivity contribution is 5.95. The summed E-state index contributed by atoms with van der Waals surface area (Å²) in [6, 6.07) is 8.03. The van der Waals surface area contributed by atoms with E-state index in [1.807, 2.05) is 18.3 Å². The summed E-state index contributed by atoms with van der Waals surface area (Å²) in [5, 5.41) is 13.4. The molecule has 4 rings (SSSR count). The monoisotopic (exact) mass is 708 g/mol. The molecule has 0 aliphatic carbocycles. The van der Waals surface area contributed by atoms with E-state index in [4.69, 9.17) is 4.74 Å². The zero-order valence-electron chi connectivity index (χ0n) is 32.9. The molecular weight excluding hydrogens is 639 g/mol. The second-order valence-corrected chi connectivity index (χ2v) is 14.4. The minimum absolute atomic E-state index is 0.0475. The first kappa shape index (κ1) is 45.8. The van der Waals surface area contributed by atoms with Crippen LogP contribution in [0.1, 0.15) is 90.1 Å². The highest BCUT2D eigenvalue weighted by Gasteiger charge is 2.12. The summed E-state index contributed by atoms with van der Waals surface area (Å²) in [5.41, 5.74) is 2.69. The van der Waals surface area contributed by atoms with Crippen molar-refractivity contribution in [2.24, 2.45) is 23.7 Å². The van der Waals surface area contributed by atoms with Gasteiger partial charge in [-0.05, 0) is 80.9 Å². The van der Waals surface area contributed by atoms with Crippen molar-refractivity contribution < 1.29 is 9.53 Å². The normalized spacial score (nSPS) is 12.9. The molecule has 4 N–H and O–H groups in total. The van der Waals surface area contributed by atoms with Crippen molar-refractivity contribution in [3.63, 3.8) is 0 Å². The molecule has 51 heavy (non-hydrogen) atoms. The molecule has 1 aliphatic heterocycles. The van der Waals surface area contributed by atoms with Crippen molar-refractivity contribution >= 4 is 5.78 Å². The molecule has 0 saturated carbocycles. The lowest BCUT2D eigenvalue weighted by molar-refractivity contribution is 0.0773. The first-order valence-electron chi connectivity index (χ1n) is 18.9. The minimum atomic E-state index is 0.0475. The summed E-state index contributed by atoms with van der Waals surface area (Å²) in [6.45, 7) is 25.9. The fourth-order valence-corrected chi connectivity index (χ4v) is 4.54. The molecule has 0 spiro atoms. The number of ether oxygens (including phenoxy) is 1. The molecule has 1 aliphatic rings. The quantitative estimate of drug-likeness (QED) is 0.0992. The van der Waals surface area contributed by atoms with E-state index >= 15 is 0 Å². The Kier molecular flexibility index (Phi) is 27.3. The Labute approximate surface area is 309 Å². The average molecular weight is 708 g/mol. The van der Waals surface area contributed by atoms with Crippen LogP contribution in [0.5, 0.6) is 0 Å². The van der Waals surface area contributed by atoms with Gasteiger partial charge in [-0.3, -0.25) is 19.7 Å². The molecule has 0 aromatic carbocycles. The maximum Gasteiger partial charge on any atom is 0.194 e. The second kappa shape index (κ2) is 30.4. The Morgan fingerprint density at radius 1 is 0.686 bits per heavy atom. The molecule has 286 valence electrons. The summed E-state index contributed by atoms with van der Waals surface area (Å²) in [5.74, 6) is 2.79. The number of carbonyl (C=O) groups is 1. The number of pyridine rings is 1. The molecule has 3 aromatic rings. The van der Waals surface area contributed by atoms with Gasteiger partial charge in [0.25, 0.3) is 0 Å². The van der Waals surface area contributed by atoms with E-state index in [-0.39, 0.29) is 5.78 Å². The Hall–Kier alpha value is -3.22. The van der Waals surface area contributed by atoms with Crippen LogP contribution >= 0.6 is 0 Å². The third-order valence-corrected chi connectivity index (χ3v) is 7.31. The minimum Gasteiger partial charge on any atom is -0.381 e. The third kappa shape index (κ3) is 28.1. The van der Waals surface area contributed by atoms with Gasteiger partial charge in [0.1, 0.15) is 12.0 Å². The van der Waals surface area contributed by atoms with Gasteiger partial charge >= 0.3 is 0 Å².